The van der Waals surface area contributed by atoms with Gasteiger partial charge in [-0.1, -0.05) is 9.46 Å². The van der Waals surface area contributed by atoms with E-state index in [1.54, 1.807) is 0 Å². The van der Waals surface area contributed by atoms with Gasteiger partial charge < -0.3 is 0 Å². The lowest BCUT2D eigenvalue weighted by molar-refractivity contribution is -0.118. The molecular formula is C2H4F3O4P. The molecule has 0 spiro atoms. The third kappa shape index (κ3) is 3.17. The standard InChI is InChI=1S/C2H4F3O4P/c3-1-2-7-10(6,8-4)9-5/h1-2H2. The molecule has 0 saturated carbocycles. The first-order valence-corrected chi connectivity index (χ1v) is 3.56. The summed E-state index contributed by atoms with van der Waals surface area (Å²) in [5.74, 6) is 0. The number of alkyl halides is 1. The molecule has 0 fully saturated rings. The van der Waals surface area contributed by atoms with E-state index in [4.69, 9.17) is 0 Å². The van der Waals surface area contributed by atoms with Gasteiger partial charge in [0.05, 0.1) is 6.61 Å². The molecule has 0 atom stereocenters. The van der Waals surface area contributed by atoms with Crippen LogP contribution in [0, 0.1) is 0 Å². The van der Waals surface area contributed by atoms with Crippen LogP contribution in [0.5, 0.6) is 0 Å². The van der Waals surface area contributed by atoms with Gasteiger partial charge in [0.15, 0.2) is 0 Å². The third-order valence-corrected chi connectivity index (χ3v) is 1.33. The Kier molecular flexibility index (Phi) is 4.63. The van der Waals surface area contributed by atoms with Gasteiger partial charge in [0.1, 0.15) is 6.67 Å². The van der Waals surface area contributed by atoms with Crippen molar-refractivity contribution in [1.29, 1.82) is 0 Å². The first-order chi connectivity index (χ1) is 4.68. The molecule has 0 unspecified atom stereocenters. The molecule has 4 nitrogen and oxygen atoms in total. The molecule has 0 aliphatic carbocycles. The first kappa shape index (κ1) is 9.90. The van der Waals surface area contributed by atoms with Crippen LogP contribution in [-0.4, -0.2) is 13.3 Å². The number of phosphoric acid groups is 1. The lowest BCUT2D eigenvalue weighted by Crippen LogP contribution is -1.95. The van der Waals surface area contributed by atoms with Crippen LogP contribution in [0.1, 0.15) is 0 Å². The van der Waals surface area contributed by atoms with Gasteiger partial charge in [-0.05, 0) is 9.05 Å². The normalized spacial score (nSPS) is 11.9. The summed E-state index contributed by atoms with van der Waals surface area (Å²) in [5.41, 5.74) is 0. The van der Waals surface area contributed by atoms with Crippen molar-refractivity contribution in [1.82, 2.24) is 0 Å². The molecule has 0 aliphatic rings. The fourth-order valence-electron chi connectivity index (χ4n) is 0.197. The predicted molar refractivity (Wildman–Crippen MR) is 23.9 cm³/mol. The second kappa shape index (κ2) is 4.68. The minimum absolute atomic E-state index is 0.759. The average Bonchev–Trinajstić information content (AvgIpc) is 2.00. The van der Waals surface area contributed by atoms with E-state index in [1.165, 1.54) is 0 Å². The fourth-order valence-corrected chi connectivity index (χ4v) is 0.590. The van der Waals surface area contributed by atoms with Crippen LogP contribution < -0.4 is 0 Å². The summed E-state index contributed by atoms with van der Waals surface area (Å²) >= 11 is 0. The molecular weight excluding hydrogens is 176 g/mol. The van der Waals surface area contributed by atoms with Crippen molar-refractivity contribution in [3.63, 3.8) is 0 Å². The third-order valence-electron chi connectivity index (χ3n) is 0.496. The predicted octanol–water partition coefficient (Wildman–Crippen LogP) is 1.88. The molecule has 0 aromatic heterocycles. The summed E-state index contributed by atoms with van der Waals surface area (Å²) in [7, 11) is -4.77. The SMILES string of the molecule is O=P(OF)(OF)OCCF. The van der Waals surface area contributed by atoms with Gasteiger partial charge in [0.25, 0.3) is 0 Å². The number of hydrogen-bond acceptors (Lipinski definition) is 4. The Labute approximate surface area is 54.3 Å². The highest BCUT2D eigenvalue weighted by molar-refractivity contribution is 7.48. The molecule has 0 bridgehead atoms. The van der Waals surface area contributed by atoms with Crippen LogP contribution in [0.15, 0.2) is 0 Å². The van der Waals surface area contributed by atoms with Crippen LogP contribution in [0.2, 0.25) is 0 Å². The van der Waals surface area contributed by atoms with Crippen molar-refractivity contribution in [2.24, 2.45) is 0 Å². The fraction of sp³-hybridized carbons (Fsp3) is 1.00. The van der Waals surface area contributed by atoms with E-state index in [0.29, 0.717) is 0 Å². The lowest BCUT2D eigenvalue weighted by Gasteiger charge is -2.03. The Morgan fingerprint density at radius 3 is 2.10 bits per heavy atom. The largest absolute Gasteiger partial charge is 0.537 e. The van der Waals surface area contributed by atoms with Crippen molar-refractivity contribution >= 4 is 7.82 Å². The Morgan fingerprint density at radius 2 is 1.80 bits per heavy atom. The van der Waals surface area contributed by atoms with Crippen molar-refractivity contribution in [2.45, 2.75) is 0 Å². The van der Waals surface area contributed by atoms with Gasteiger partial charge in [-0.15, -0.1) is 0 Å². The summed E-state index contributed by atoms with van der Waals surface area (Å²) in [5, 5.41) is 0. The quantitative estimate of drug-likeness (QED) is 0.606. The van der Waals surface area contributed by atoms with Crippen molar-refractivity contribution in [3.05, 3.63) is 0 Å². The van der Waals surface area contributed by atoms with E-state index in [1.807, 2.05) is 0 Å². The van der Waals surface area contributed by atoms with Crippen molar-refractivity contribution < 1.29 is 32.0 Å². The molecule has 62 valence electrons. The highest BCUT2D eigenvalue weighted by atomic mass is 31.2. The van der Waals surface area contributed by atoms with E-state index in [-0.39, 0.29) is 0 Å². The maximum Gasteiger partial charge on any atom is 0.537 e. The van der Waals surface area contributed by atoms with Crippen LogP contribution in [0.4, 0.5) is 13.4 Å². The van der Waals surface area contributed by atoms with E-state index in [2.05, 4.69) is 14.0 Å². The zero-order valence-corrected chi connectivity index (χ0v) is 5.52. The molecule has 0 aromatic rings. The molecule has 0 saturated heterocycles. The first-order valence-electron chi connectivity index (χ1n) is 2.09. The maximum absolute atomic E-state index is 11.2. The highest BCUT2D eigenvalue weighted by Crippen LogP contribution is 2.49. The summed E-state index contributed by atoms with van der Waals surface area (Å²) in [6.07, 6.45) is 0. The summed E-state index contributed by atoms with van der Waals surface area (Å²) in [6.45, 7) is -1.80. The van der Waals surface area contributed by atoms with Crippen molar-refractivity contribution in [2.75, 3.05) is 13.3 Å². The van der Waals surface area contributed by atoms with Crippen LogP contribution in [0.25, 0.3) is 0 Å². The molecule has 10 heavy (non-hydrogen) atoms. The van der Waals surface area contributed by atoms with Gasteiger partial charge in [-0.2, -0.15) is 0 Å². The second-order valence-electron chi connectivity index (χ2n) is 1.11. The second-order valence-corrected chi connectivity index (χ2v) is 2.54. The van der Waals surface area contributed by atoms with Gasteiger partial charge in [-0.25, -0.2) is 8.96 Å². The molecule has 0 heterocycles. The minimum Gasteiger partial charge on any atom is -0.281 e. The smallest absolute Gasteiger partial charge is 0.281 e. The summed E-state index contributed by atoms with van der Waals surface area (Å²) in [6, 6.07) is 0. The molecule has 8 heteroatoms. The molecule has 0 N–H and O–H groups in total. The maximum atomic E-state index is 11.2. The van der Waals surface area contributed by atoms with Gasteiger partial charge >= 0.3 is 7.82 Å². The van der Waals surface area contributed by atoms with Gasteiger partial charge in [0, 0.05) is 0 Å². The van der Waals surface area contributed by atoms with E-state index >= 15 is 0 Å². The van der Waals surface area contributed by atoms with Gasteiger partial charge in [-0.3, -0.25) is 4.52 Å². The molecule has 0 aromatic carbocycles. The molecule has 0 amide bonds. The Morgan fingerprint density at radius 1 is 1.30 bits per heavy atom. The Bertz CT molecular complexity index is 122. The summed E-state index contributed by atoms with van der Waals surface area (Å²) in [4.78, 5) is 0. The van der Waals surface area contributed by atoms with E-state index < -0.39 is 21.1 Å². The molecule has 0 radical (unpaired) electrons. The molecule has 0 aliphatic heterocycles. The average molecular weight is 180 g/mol. The van der Waals surface area contributed by atoms with Gasteiger partial charge in [0.2, 0.25) is 0 Å². The Balaban J connectivity index is 3.70. The zero-order chi connectivity index (χ0) is 8.04. The van der Waals surface area contributed by atoms with Crippen LogP contribution >= 0.6 is 7.82 Å². The minimum atomic E-state index is -4.77. The number of rotatable bonds is 5. The number of hydrogen-bond donors (Lipinski definition) is 0. The summed E-state index contributed by atoms with van der Waals surface area (Å²) < 4.78 is 51.9. The van der Waals surface area contributed by atoms with Crippen LogP contribution in [-0.2, 0) is 18.5 Å². The van der Waals surface area contributed by atoms with E-state index in [9.17, 15) is 18.0 Å². The Hall–Kier alpha value is -0.100. The van der Waals surface area contributed by atoms with Crippen molar-refractivity contribution in [3.8, 4) is 0 Å². The monoisotopic (exact) mass is 180 g/mol. The number of halogens is 3. The highest BCUT2D eigenvalue weighted by Gasteiger charge is 2.29. The van der Waals surface area contributed by atoms with E-state index in [0.717, 1.165) is 0 Å². The topological polar surface area (TPSA) is 44.8 Å². The lowest BCUT2D eigenvalue weighted by atomic mass is 10.9. The van der Waals surface area contributed by atoms with Crippen LogP contribution in [0.3, 0.4) is 0 Å². The zero-order valence-electron chi connectivity index (χ0n) is 4.63. The molecule has 0 rings (SSSR count).